The van der Waals surface area contributed by atoms with Crippen LogP contribution in [0.3, 0.4) is 0 Å². The van der Waals surface area contributed by atoms with Gasteiger partial charge in [0.15, 0.2) is 5.82 Å². The average molecular weight is 364 g/mol. The number of hydrogen-bond donors (Lipinski definition) is 0. The zero-order valence-electron chi connectivity index (χ0n) is 14.3. The molecule has 2 fully saturated rings. The number of esters is 1. The van der Waals surface area contributed by atoms with Gasteiger partial charge in [-0.1, -0.05) is 0 Å². The molecule has 0 bridgehead atoms. The van der Waals surface area contributed by atoms with Crippen molar-refractivity contribution in [1.82, 2.24) is 4.57 Å². The fourth-order valence-corrected chi connectivity index (χ4v) is 3.31. The first kappa shape index (κ1) is 17.0. The third-order valence-corrected chi connectivity index (χ3v) is 4.69. The van der Waals surface area contributed by atoms with E-state index in [0.29, 0.717) is 13.2 Å². The molecule has 1 aromatic heterocycles. The number of ether oxygens (including phenoxy) is 2. The molecule has 1 saturated heterocycles. The predicted octanol–water partition coefficient (Wildman–Crippen LogP) is 2.59. The summed E-state index contributed by atoms with van der Waals surface area (Å²) in [4.78, 5) is 26.3. The number of carbonyl (C=O) groups excluding carboxylic acids is 1. The monoisotopic (exact) mass is 364 g/mol. The van der Waals surface area contributed by atoms with Crippen molar-refractivity contribution < 1.29 is 23.0 Å². The summed E-state index contributed by atoms with van der Waals surface area (Å²) in [5.74, 6) is -2.43. The van der Waals surface area contributed by atoms with Crippen LogP contribution >= 0.6 is 0 Å². The summed E-state index contributed by atoms with van der Waals surface area (Å²) in [5, 5.41) is -0.152. The molecular formula is C18H18F2N2O4. The Morgan fingerprint density at radius 3 is 2.77 bits per heavy atom. The van der Waals surface area contributed by atoms with E-state index in [1.54, 1.807) is 11.5 Å². The van der Waals surface area contributed by atoms with Crippen LogP contribution in [0.5, 0.6) is 0 Å². The van der Waals surface area contributed by atoms with Crippen molar-refractivity contribution in [3.05, 3.63) is 39.7 Å². The summed E-state index contributed by atoms with van der Waals surface area (Å²) < 4.78 is 41.6. The SMILES string of the molecule is CCOC(=O)c1cn(C2CC2)c2c(F)c(N3CCOC3)c(F)cc2c1=O. The van der Waals surface area contributed by atoms with Gasteiger partial charge < -0.3 is 18.9 Å². The maximum Gasteiger partial charge on any atom is 0.343 e. The number of fused-ring (bicyclic) bond motifs is 1. The number of halogens is 2. The highest BCUT2D eigenvalue weighted by molar-refractivity contribution is 5.95. The van der Waals surface area contributed by atoms with Gasteiger partial charge in [0, 0.05) is 18.8 Å². The van der Waals surface area contributed by atoms with Gasteiger partial charge in [-0.15, -0.1) is 0 Å². The van der Waals surface area contributed by atoms with E-state index in [9.17, 15) is 14.0 Å². The van der Waals surface area contributed by atoms with Crippen molar-refractivity contribution in [2.45, 2.75) is 25.8 Å². The van der Waals surface area contributed by atoms with Crippen LogP contribution in [0.2, 0.25) is 0 Å². The number of anilines is 1. The van der Waals surface area contributed by atoms with Gasteiger partial charge in [-0.2, -0.15) is 0 Å². The molecule has 6 nitrogen and oxygen atoms in total. The normalized spacial score (nSPS) is 17.1. The van der Waals surface area contributed by atoms with Gasteiger partial charge in [-0.3, -0.25) is 4.79 Å². The molecule has 0 spiro atoms. The first-order valence-corrected chi connectivity index (χ1v) is 8.59. The Hall–Kier alpha value is -2.48. The second-order valence-electron chi connectivity index (χ2n) is 6.45. The molecule has 0 atom stereocenters. The van der Waals surface area contributed by atoms with Crippen LogP contribution in [0.1, 0.15) is 36.2 Å². The number of carbonyl (C=O) groups is 1. The van der Waals surface area contributed by atoms with E-state index in [1.807, 2.05) is 0 Å². The van der Waals surface area contributed by atoms with Gasteiger partial charge in [0.2, 0.25) is 5.43 Å². The van der Waals surface area contributed by atoms with Crippen molar-refractivity contribution in [2.75, 3.05) is 31.4 Å². The second kappa shape index (κ2) is 6.35. The highest BCUT2D eigenvalue weighted by atomic mass is 19.1. The minimum absolute atomic E-state index is 0.0195. The Morgan fingerprint density at radius 2 is 2.15 bits per heavy atom. The van der Waals surface area contributed by atoms with Gasteiger partial charge in [0.25, 0.3) is 0 Å². The lowest BCUT2D eigenvalue weighted by Gasteiger charge is -2.20. The van der Waals surface area contributed by atoms with Gasteiger partial charge >= 0.3 is 5.97 Å². The van der Waals surface area contributed by atoms with Crippen molar-refractivity contribution in [2.24, 2.45) is 0 Å². The van der Waals surface area contributed by atoms with Crippen molar-refractivity contribution >= 4 is 22.6 Å². The van der Waals surface area contributed by atoms with E-state index in [1.165, 1.54) is 11.1 Å². The van der Waals surface area contributed by atoms with Crippen molar-refractivity contribution in [3.8, 4) is 0 Å². The standard InChI is InChI=1S/C18H18F2N2O4/c1-2-26-18(24)12-8-22(10-3-4-10)15-11(17(12)23)7-13(19)16(14(15)20)21-5-6-25-9-21/h7-8,10H,2-6,9H2,1H3. The predicted molar refractivity (Wildman–Crippen MR) is 90.5 cm³/mol. The third-order valence-electron chi connectivity index (χ3n) is 4.69. The summed E-state index contributed by atoms with van der Waals surface area (Å²) in [6.07, 6.45) is 2.95. The molecule has 0 radical (unpaired) electrons. The molecule has 138 valence electrons. The summed E-state index contributed by atoms with van der Waals surface area (Å²) in [6.45, 7) is 2.58. The molecule has 1 aliphatic heterocycles. The lowest BCUT2D eigenvalue weighted by atomic mass is 10.1. The van der Waals surface area contributed by atoms with Gasteiger partial charge in [-0.05, 0) is 25.8 Å². The molecule has 8 heteroatoms. The minimum atomic E-state index is -0.846. The highest BCUT2D eigenvalue weighted by Gasteiger charge is 2.31. The molecule has 1 aromatic carbocycles. The van der Waals surface area contributed by atoms with Crippen LogP contribution in [-0.2, 0) is 9.47 Å². The summed E-state index contributed by atoms with van der Waals surface area (Å²) in [7, 11) is 0. The maximum absolute atomic E-state index is 15.3. The Kier molecular flexibility index (Phi) is 4.14. The molecule has 1 aliphatic carbocycles. The van der Waals surface area contributed by atoms with Crippen LogP contribution in [0.25, 0.3) is 10.9 Å². The highest BCUT2D eigenvalue weighted by Crippen LogP contribution is 2.39. The van der Waals surface area contributed by atoms with E-state index in [2.05, 4.69) is 0 Å². The Labute approximate surface area is 147 Å². The molecular weight excluding hydrogens is 346 g/mol. The number of benzene rings is 1. The minimum Gasteiger partial charge on any atom is -0.462 e. The zero-order valence-corrected chi connectivity index (χ0v) is 14.3. The Balaban J connectivity index is 2.00. The number of rotatable bonds is 4. The lowest BCUT2D eigenvalue weighted by molar-refractivity contribution is 0.0524. The molecule has 1 saturated carbocycles. The Morgan fingerprint density at radius 1 is 1.38 bits per heavy atom. The van der Waals surface area contributed by atoms with E-state index in [-0.39, 0.29) is 41.5 Å². The molecule has 2 aromatic rings. The largest absolute Gasteiger partial charge is 0.462 e. The first-order chi connectivity index (χ1) is 12.5. The second-order valence-corrected chi connectivity index (χ2v) is 6.45. The number of pyridine rings is 1. The third kappa shape index (κ3) is 2.65. The smallest absolute Gasteiger partial charge is 0.343 e. The Bertz CT molecular complexity index is 947. The molecule has 26 heavy (non-hydrogen) atoms. The maximum atomic E-state index is 15.3. The van der Waals surface area contributed by atoms with Gasteiger partial charge in [-0.25, -0.2) is 13.6 Å². The quantitative estimate of drug-likeness (QED) is 0.781. The molecule has 2 heterocycles. The van der Waals surface area contributed by atoms with Crippen LogP contribution in [0.15, 0.2) is 17.1 Å². The number of nitrogens with zero attached hydrogens (tertiary/aromatic N) is 2. The number of hydrogen-bond acceptors (Lipinski definition) is 5. The average Bonchev–Trinajstić information content (AvgIpc) is 3.31. The van der Waals surface area contributed by atoms with E-state index in [4.69, 9.17) is 9.47 Å². The molecule has 0 unspecified atom stereocenters. The van der Waals surface area contributed by atoms with Crippen molar-refractivity contribution in [3.63, 3.8) is 0 Å². The molecule has 0 amide bonds. The van der Waals surface area contributed by atoms with Gasteiger partial charge in [0.05, 0.1) is 24.1 Å². The summed E-state index contributed by atoms with van der Waals surface area (Å²) in [5.41, 5.74) is -1.11. The first-order valence-electron chi connectivity index (χ1n) is 8.59. The molecule has 2 aliphatic rings. The van der Waals surface area contributed by atoms with Crippen LogP contribution in [-0.4, -0.2) is 37.0 Å². The van der Waals surface area contributed by atoms with Gasteiger partial charge in [0.1, 0.15) is 23.8 Å². The topological polar surface area (TPSA) is 60.8 Å². The van der Waals surface area contributed by atoms with E-state index >= 15 is 4.39 Å². The summed E-state index contributed by atoms with van der Waals surface area (Å²) in [6, 6.07) is 0.990. The van der Waals surface area contributed by atoms with Crippen LogP contribution in [0.4, 0.5) is 14.5 Å². The summed E-state index contributed by atoms with van der Waals surface area (Å²) >= 11 is 0. The van der Waals surface area contributed by atoms with E-state index < -0.39 is 23.0 Å². The number of aromatic nitrogens is 1. The fourth-order valence-electron chi connectivity index (χ4n) is 3.31. The fraction of sp³-hybridized carbons (Fsp3) is 0.444. The van der Waals surface area contributed by atoms with Crippen LogP contribution in [0, 0.1) is 11.6 Å². The molecule has 0 N–H and O–H groups in total. The zero-order chi connectivity index (χ0) is 18.4. The van der Waals surface area contributed by atoms with Crippen LogP contribution < -0.4 is 10.3 Å². The lowest BCUT2D eigenvalue weighted by Crippen LogP contribution is -2.25. The van der Waals surface area contributed by atoms with Crippen molar-refractivity contribution in [1.29, 1.82) is 0 Å². The van der Waals surface area contributed by atoms with E-state index in [0.717, 1.165) is 18.9 Å². The molecule has 4 rings (SSSR count).